The maximum absolute atomic E-state index is 13.4. The molecule has 2 aliphatic carbocycles. The molecule has 1 aromatic heterocycles. The Bertz CT molecular complexity index is 1080. The van der Waals surface area contributed by atoms with Crippen LogP contribution in [0, 0.1) is 0 Å². The van der Waals surface area contributed by atoms with Gasteiger partial charge < -0.3 is 20.7 Å². The molecule has 0 unspecified atom stereocenters. The highest BCUT2D eigenvalue weighted by Crippen LogP contribution is 2.32. The molecular weight excluding hydrogens is 472 g/mol. The molecule has 0 radical (unpaired) electrons. The number of amides is 3. The summed E-state index contributed by atoms with van der Waals surface area (Å²) in [7, 11) is 0. The molecule has 1 atom stereocenters. The quantitative estimate of drug-likeness (QED) is 0.378. The average Bonchev–Trinajstić information content (AvgIpc) is 3.42. The number of benzene rings is 1. The van der Waals surface area contributed by atoms with E-state index in [4.69, 9.17) is 4.74 Å². The van der Waals surface area contributed by atoms with Crippen LogP contribution >= 0.6 is 0 Å². The van der Waals surface area contributed by atoms with E-state index >= 15 is 0 Å². The second-order valence-electron chi connectivity index (χ2n) is 9.79. The molecule has 0 aliphatic heterocycles. The Morgan fingerprint density at radius 3 is 2.35 bits per heavy atom. The minimum atomic E-state index is -1.10. The fourth-order valence-electron chi connectivity index (χ4n) is 4.77. The highest BCUT2D eigenvalue weighted by atomic mass is 16.5. The van der Waals surface area contributed by atoms with Crippen LogP contribution in [0.4, 0.5) is 0 Å². The smallest absolute Gasteiger partial charge is 0.289 e. The van der Waals surface area contributed by atoms with E-state index in [2.05, 4.69) is 20.9 Å². The molecule has 37 heavy (non-hydrogen) atoms. The van der Waals surface area contributed by atoms with Gasteiger partial charge in [0.05, 0.1) is 18.3 Å². The molecule has 2 aromatic rings. The molecule has 3 N–H and O–H groups in total. The molecule has 4 rings (SSSR count). The summed E-state index contributed by atoms with van der Waals surface area (Å²) in [6, 6.07) is 13.4. The number of hydrogen-bond acceptors (Lipinski definition) is 6. The van der Waals surface area contributed by atoms with Crippen LogP contribution in [0.15, 0.2) is 54.7 Å². The van der Waals surface area contributed by atoms with Crippen LogP contribution in [-0.4, -0.2) is 52.8 Å². The van der Waals surface area contributed by atoms with Gasteiger partial charge in [0.25, 0.3) is 5.91 Å². The zero-order valence-electron chi connectivity index (χ0n) is 20.9. The van der Waals surface area contributed by atoms with Crippen molar-refractivity contribution in [3.63, 3.8) is 0 Å². The molecule has 2 fully saturated rings. The normalized spacial score (nSPS) is 17.3. The Balaban J connectivity index is 1.40. The van der Waals surface area contributed by atoms with Crippen molar-refractivity contribution < 1.29 is 23.9 Å². The number of nitrogens with zero attached hydrogens (tertiary/aromatic N) is 1. The van der Waals surface area contributed by atoms with Gasteiger partial charge in [-0.15, -0.1) is 0 Å². The van der Waals surface area contributed by atoms with Crippen LogP contribution in [-0.2, 0) is 36.9 Å². The predicted octanol–water partition coefficient (Wildman–Crippen LogP) is 1.99. The number of carbonyl (C=O) groups is 4. The van der Waals surface area contributed by atoms with Crippen LogP contribution in [0.3, 0.4) is 0 Å². The topological polar surface area (TPSA) is 126 Å². The van der Waals surface area contributed by atoms with Crippen molar-refractivity contribution in [2.45, 2.75) is 75.6 Å². The van der Waals surface area contributed by atoms with E-state index < -0.39 is 29.2 Å². The van der Waals surface area contributed by atoms with Gasteiger partial charge in [0.15, 0.2) is 0 Å². The van der Waals surface area contributed by atoms with Crippen molar-refractivity contribution in [2.24, 2.45) is 0 Å². The Labute approximate surface area is 216 Å². The summed E-state index contributed by atoms with van der Waals surface area (Å²) in [6.07, 6.45) is 7.65. The third-order valence-corrected chi connectivity index (χ3v) is 7.06. The van der Waals surface area contributed by atoms with Gasteiger partial charge in [-0.2, -0.15) is 0 Å². The standard InChI is InChI=1S/C28H34N4O5/c33-24(19-37-22-12-4-5-13-22)32-28(14-8-15-28)27(36)31-23(17-20-9-2-1-3-10-20)25(34)26(35)30-18-21-11-6-7-16-29-21/h1-3,6-7,9-11,16,22-23H,4-5,8,12-15,17-19H2,(H,30,35)(H,31,36)(H,32,33)/t23-/m1/s1. The third kappa shape index (κ3) is 7.22. The Hall–Kier alpha value is -3.59. The molecule has 9 nitrogen and oxygen atoms in total. The van der Waals surface area contributed by atoms with Crippen molar-refractivity contribution >= 4 is 23.5 Å². The number of rotatable bonds is 12. The van der Waals surface area contributed by atoms with Gasteiger partial charge in [-0.1, -0.05) is 49.2 Å². The molecule has 2 aliphatic rings. The Morgan fingerprint density at radius 2 is 1.70 bits per heavy atom. The first-order valence-electron chi connectivity index (χ1n) is 12.9. The lowest BCUT2D eigenvalue weighted by atomic mass is 9.75. The van der Waals surface area contributed by atoms with Crippen molar-refractivity contribution in [2.75, 3.05) is 6.61 Å². The van der Waals surface area contributed by atoms with Gasteiger partial charge in [-0.25, -0.2) is 0 Å². The van der Waals surface area contributed by atoms with E-state index in [0.29, 0.717) is 18.5 Å². The highest BCUT2D eigenvalue weighted by Gasteiger charge is 2.46. The van der Waals surface area contributed by atoms with Gasteiger partial charge >= 0.3 is 0 Å². The number of hydrogen-bond donors (Lipinski definition) is 3. The summed E-state index contributed by atoms with van der Waals surface area (Å²) in [4.78, 5) is 56.0. The largest absolute Gasteiger partial charge is 0.368 e. The lowest BCUT2D eigenvalue weighted by Gasteiger charge is -2.41. The van der Waals surface area contributed by atoms with E-state index in [1.54, 1.807) is 24.4 Å². The first kappa shape index (κ1) is 26.5. The van der Waals surface area contributed by atoms with Crippen molar-refractivity contribution in [3.8, 4) is 0 Å². The highest BCUT2D eigenvalue weighted by molar-refractivity contribution is 6.38. The Kier molecular flexibility index (Phi) is 9.00. The van der Waals surface area contributed by atoms with Crippen LogP contribution in [0.2, 0.25) is 0 Å². The molecular formula is C28H34N4O5. The minimum absolute atomic E-state index is 0.0920. The molecule has 9 heteroatoms. The van der Waals surface area contributed by atoms with Crippen molar-refractivity contribution in [1.82, 2.24) is 20.9 Å². The van der Waals surface area contributed by atoms with E-state index in [0.717, 1.165) is 37.7 Å². The summed E-state index contributed by atoms with van der Waals surface area (Å²) >= 11 is 0. The molecule has 1 heterocycles. The van der Waals surface area contributed by atoms with Crippen molar-refractivity contribution in [1.29, 1.82) is 0 Å². The van der Waals surface area contributed by atoms with E-state index in [1.165, 1.54) is 0 Å². The molecule has 2 saturated carbocycles. The lowest BCUT2D eigenvalue weighted by Crippen LogP contribution is -2.65. The zero-order valence-corrected chi connectivity index (χ0v) is 20.9. The number of ketones is 1. The fourth-order valence-corrected chi connectivity index (χ4v) is 4.77. The molecule has 1 aromatic carbocycles. The second kappa shape index (κ2) is 12.6. The second-order valence-corrected chi connectivity index (χ2v) is 9.79. The van der Waals surface area contributed by atoms with E-state index in [1.807, 2.05) is 30.3 Å². The maximum atomic E-state index is 13.4. The summed E-state index contributed by atoms with van der Waals surface area (Å²) in [5, 5.41) is 8.20. The summed E-state index contributed by atoms with van der Waals surface area (Å²) < 4.78 is 5.70. The minimum Gasteiger partial charge on any atom is -0.368 e. The maximum Gasteiger partial charge on any atom is 0.289 e. The molecule has 3 amide bonds. The molecule has 0 bridgehead atoms. The first-order chi connectivity index (χ1) is 17.9. The van der Waals surface area contributed by atoms with Gasteiger partial charge in [0, 0.05) is 12.6 Å². The number of nitrogens with one attached hydrogen (secondary N) is 3. The van der Waals surface area contributed by atoms with Gasteiger partial charge in [-0.3, -0.25) is 24.2 Å². The predicted molar refractivity (Wildman–Crippen MR) is 136 cm³/mol. The van der Waals surface area contributed by atoms with Crippen LogP contribution in [0.5, 0.6) is 0 Å². The van der Waals surface area contributed by atoms with E-state index in [-0.39, 0.29) is 31.6 Å². The first-order valence-corrected chi connectivity index (χ1v) is 12.9. The summed E-state index contributed by atoms with van der Waals surface area (Å²) in [6.45, 7) is 0.000401. The number of pyridine rings is 1. The zero-order chi connectivity index (χ0) is 26.1. The molecule has 0 spiro atoms. The molecule has 0 saturated heterocycles. The van der Waals surface area contributed by atoms with E-state index in [9.17, 15) is 19.2 Å². The average molecular weight is 507 g/mol. The fraction of sp³-hybridized carbons (Fsp3) is 0.464. The van der Waals surface area contributed by atoms with Gasteiger partial charge in [-0.05, 0) is 49.8 Å². The monoisotopic (exact) mass is 506 g/mol. The number of Topliss-reactive ketones (excluding diaryl/α,β-unsaturated/α-hetero) is 1. The summed E-state index contributed by atoms with van der Waals surface area (Å²) in [5.74, 6) is -2.36. The van der Waals surface area contributed by atoms with Crippen molar-refractivity contribution in [3.05, 3.63) is 66.0 Å². The van der Waals surface area contributed by atoms with Gasteiger partial charge in [0.2, 0.25) is 17.6 Å². The third-order valence-electron chi connectivity index (χ3n) is 7.06. The van der Waals surface area contributed by atoms with Crippen LogP contribution < -0.4 is 16.0 Å². The SMILES string of the molecule is O=C(COC1CCCC1)NC1(C(=O)N[C@H](Cc2ccccc2)C(=O)C(=O)NCc2ccccn2)CCC1. The lowest BCUT2D eigenvalue weighted by molar-refractivity contribution is -0.143. The van der Waals surface area contributed by atoms with Gasteiger partial charge in [0.1, 0.15) is 18.2 Å². The summed E-state index contributed by atoms with van der Waals surface area (Å²) in [5.41, 5.74) is 0.314. The number of carbonyl (C=O) groups excluding carboxylic acids is 4. The van der Waals surface area contributed by atoms with Crippen LogP contribution in [0.25, 0.3) is 0 Å². The number of ether oxygens (including phenoxy) is 1. The molecule has 196 valence electrons. The van der Waals surface area contributed by atoms with Crippen LogP contribution in [0.1, 0.15) is 56.2 Å². The Morgan fingerprint density at radius 1 is 0.973 bits per heavy atom. The number of aromatic nitrogens is 1.